The second kappa shape index (κ2) is 22.9. The first kappa shape index (κ1) is 49.6. The van der Waals surface area contributed by atoms with E-state index in [4.69, 9.17) is 54.7 Å². The van der Waals surface area contributed by atoms with E-state index < -0.39 is 36.2 Å². The standard InChI is InChI=1S/C23H21ClN4O5.C19H17ClN4O3.C2H3ClO/c1-12-18(10-11-19(25-5)20(12)24)26-21(13(2)31-14(3)29)23-28-27-22(33-23)16-6-8-17(9-7-16)32-15(4)30;1-10-14(8-9-15(21-3)16(10)20)22-17(11(2)25)19-24-23-18(27-19)12-4-6-13(26)7-5-12;1-2(3)4/h6-11,13,21,26H,1-4H3;4-9,11,17,22,25-26H,1-2H3;1H3/t13-,21+;11-,17+;/m00./s1. The molecule has 0 saturated carbocycles. The number of nitrogens with one attached hydrogen (secondary N) is 2. The van der Waals surface area contributed by atoms with Crippen LogP contribution in [0.3, 0.4) is 0 Å². The summed E-state index contributed by atoms with van der Waals surface area (Å²) in [5.74, 6) is 0.547. The molecule has 0 saturated heterocycles. The molecular weight excluding hydrogens is 891 g/mol. The Kier molecular flexibility index (Phi) is 17.8. The summed E-state index contributed by atoms with van der Waals surface area (Å²) in [5.41, 5.74) is 4.59. The number of hydrogen-bond donors (Lipinski definition) is 4. The molecule has 0 amide bonds. The van der Waals surface area contributed by atoms with Gasteiger partial charge >= 0.3 is 11.9 Å². The van der Waals surface area contributed by atoms with Gasteiger partial charge in [-0.15, -0.1) is 20.4 Å². The molecule has 0 unspecified atom stereocenters. The van der Waals surface area contributed by atoms with Crippen LogP contribution in [0.1, 0.15) is 69.6 Å². The average molecular weight is 932 g/mol. The van der Waals surface area contributed by atoms with Gasteiger partial charge < -0.3 is 39.2 Å². The lowest BCUT2D eigenvalue weighted by molar-refractivity contribution is -0.146. The minimum absolute atomic E-state index is 0.136. The summed E-state index contributed by atoms with van der Waals surface area (Å²) in [6.07, 6.45) is -1.50. The number of aliphatic hydroxyl groups is 1. The number of halogens is 3. The quantitative estimate of drug-likeness (QED) is 0.0388. The van der Waals surface area contributed by atoms with Crippen molar-refractivity contribution in [2.24, 2.45) is 0 Å². The van der Waals surface area contributed by atoms with Crippen molar-refractivity contribution in [2.75, 3.05) is 10.6 Å². The number of aromatic nitrogens is 4. The number of esters is 2. The van der Waals surface area contributed by atoms with E-state index in [1.807, 2.05) is 0 Å². The highest BCUT2D eigenvalue weighted by molar-refractivity contribution is 6.62. The van der Waals surface area contributed by atoms with Crippen molar-refractivity contribution >= 4 is 74.7 Å². The molecule has 332 valence electrons. The molecule has 4 N–H and O–H groups in total. The first-order valence-electron chi connectivity index (χ1n) is 19.0. The average Bonchev–Trinajstić information content (AvgIpc) is 3.93. The summed E-state index contributed by atoms with van der Waals surface area (Å²) in [7, 11) is 0. The molecule has 0 bridgehead atoms. The van der Waals surface area contributed by atoms with Gasteiger partial charge in [-0.1, -0.05) is 35.3 Å². The maximum Gasteiger partial charge on any atom is 0.308 e. The van der Waals surface area contributed by atoms with E-state index in [2.05, 4.69) is 52.3 Å². The molecule has 0 radical (unpaired) electrons. The Morgan fingerprint density at radius 2 is 1.11 bits per heavy atom. The lowest BCUT2D eigenvalue weighted by Crippen LogP contribution is -2.28. The lowest BCUT2D eigenvalue weighted by Gasteiger charge is -2.24. The summed E-state index contributed by atoms with van der Waals surface area (Å²) < 4.78 is 22.0. The number of anilines is 2. The Bertz CT molecular complexity index is 2670. The van der Waals surface area contributed by atoms with Gasteiger partial charge in [0.05, 0.1) is 29.3 Å². The van der Waals surface area contributed by atoms with Gasteiger partial charge in [0.2, 0.25) is 40.2 Å². The second-order valence-corrected chi connectivity index (χ2v) is 15.0. The number of ether oxygens (including phenoxy) is 2. The molecule has 17 nitrogen and oxygen atoms in total. The Morgan fingerprint density at radius 1 is 0.688 bits per heavy atom. The van der Waals surface area contributed by atoms with Crippen LogP contribution in [0.25, 0.3) is 32.6 Å². The number of phenolic OH excluding ortho intramolecular Hbond substituents is 1. The van der Waals surface area contributed by atoms with Crippen LogP contribution in [0.15, 0.2) is 81.6 Å². The molecule has 64 heavy (non-hydrogen) atoms. The molecular formula is C44H41Cl3N8O9. The third-order valence-corrected chi connectivity index (χ3v) is 9.74. The fraction of sp³-hybridized carbons (Fsp3) is 0.250. The van der Waals surface area contributed by atoms with E-state index in [-0.39, 0.29) is 34.6 Å². The SMILES string of the molecule is CC(=O)Cl.[C-]#[N+]c1ccc(N[C@@H](c2nnc(-c3ccc(O)cc3)o2)[C@H](C)O)c(C)c1Cl.[C-]#[N+]c1ccc(N[C@@H](c2nnc(-c3ccc(OC(C)=O)cc3)o2)[C@H](C)OC(C)=O)c(C)c1Cl. The summed E-state index contributed by atoms with van der Waals surface area (Å²) in [6.45, 7) is 25.1. The number of benzene rings is 4. The zero-order chi connectivity index (χ0) is 47.2. The number of carbonyl (C=O) groups excluding carboxylic acids is 3. The zero-order valence-corrected chi connectivity index (χ0v) is 37.6. The van der Waals surface area contributed by atoms with Crippen molar-refractivity contribution in [3.05, 3.63) is 129 Å². The number of carbonyl (C=O) groups is 3. The highest BCUT2D eigenvalue weighted by Gasteiger charge is 2.29. The van der Waals surface area contributed by atoms with E-state index in [9.17, 15) is 24.6 Å². The number of aliphatic hydroxyl groups excluding tert-OH is 1. The number of rotatable bonds is 12. The van der Waals surface area contributed by atoms with Gasteiger partial charge in [0.15, 0.2) is 0 Å². The Balaban J connectivity index is 0.000000263. The molecule has 0 aliphatic rings. The van der Waals surface area contributed by atoms with Gasteiger partial charge in [-0.3, -0.25) is 14.4 Å². The molecule has 4 atom stereocenters. The van der Waals surface area contributed by atoms with E-state index >= 15 is 0 Å². The first-order chi connectivity index (χ1) is 30.3. The lowest BCUT2D eigenvalue weighted by atomic mass is 10.1. The van der Waals surface area contributed by atoms with Crippen molar-refractivity contribution in [3.63, 3.8) is 0 Å². The zero-order valence-electron chi connectivity index (χ0n) is 35.3. The van der Waals surface area contributed by atoms with Crippen LogP contribution in [0.2, 0.25) is 10.0 Å². The predicted octanol–water partition coefficient (Wildman–Crippen LogP) is 10.5. The summed E-state index contributed by atoms with van der Waals surface area (Å²) >= 11 is 17.2. The van der Waals surface area contributed by atoms with E-state index in [0.717, 1.165) is 0 Å². The van der Waals surface area contributed by atoms with Crippen molar-refractivity contribution < 1.29 is 42.9 Å². The molecule has 20 heteroatoms. The normalized spacial score (nSPS) is 12.3. The van der Waals surface area contributed by atoms with Crippen LogP contribution in [0.4, 0.5) is 22.7 Å². The number of hydrogen-bond acceptors (Lipinski definition) is 15. The second-order valence-electron chi connectivity index (χ2n) is 13.7. The number of phenols is 1. The van der Waals surface area contributed by atoms with Crippen LogP contribution in [-0.4, -0.2) is 60.0 Å². The van der Waals surface area contributed by atoms with E-state index in [0.29, 0.717) is 60.8 Å². The Labute approximate surface area is 382 Å². The molecule has 0 fully saturated rings. The molecule has 2 aromatic heterocycles. The molecule has 4 aromatic carbocycles. The van der Waals surface area contributed by atoms with Gasteiger partial charge in [-0.2, -0.15) is 0 Å². The molecule has 0 aliphatic heterocycles. The topological polar surface area (TPSA) is 221 Å². The van der Waals surface area contributed by atoms with Crippen LogP contribution in [-0.2, 0) is 19.1 Å². The van der Waals surface area contributed by atoms with Crippen molar-refractivity contribution in [3.8, 4) is 34.4 Å². The van der Waals surface area contributed by atoms with E-state index in [1.165, 1.54) is 32.9 Å². The minimum Gasteiger partial charge on any atom is -0.508 e. The predicted molar refractivity (Wildman–Crippen MR) is 240 cm³/mol. The highest BCUT2D eigenvalue weighted by Crippen LogP contribution is 2.37. The number of aromatic hydroxyl groups is 1. The van der Waals surface area contributed by atoms with Crippen molar-refractivity contribution in [2.45, 2.75) is 72.8 Å². The van der Waals surface area contributed by atoms with Gasteiger partial charge in [-0.05, 0) is 111 Å². The van der Waals surface area contributed by atoms with Gasteiger partial charge in [0.25, 0.3) is 0 Å². The van der Waals surface area contributed by atoms with Crippen LogP contribution in [0, 0.1) is 27.0 Å². The third-order valence-electron chi connectivity index (χ3n) is 8.79. The fourth-order valence-electron chi connectivity index (χ4n) is 5.65. The first-order valence-corrected chi connectivity index (χ1v) is 20.1. The molecule has 0 aliphatic carbocycles. The minimum atomic E-state index is -0.836. The summed E-state index contributed by atoms with van der Waals surface area (Å²) in [5, 5.41) is 42.6. The third kappa shape index (κ3) is 13.5. The smallest absolute Gasteiger partial charge is 0.308 e. The van der Waals surface area contributed by atoms with Crippen LogP contribution < -0.4 is 15.4 Å². The van der Waals surface area contributed by atoms with Gasteiger partial charge in [0, 0.05) is 43.3 Å². The largest absolute Gasteiger partial charge is 0.508 e. The number of nitrogens with zero attached hydrogens (tertiary/aromatic N) is 6. The van der Waals surface area contributed by atoms with Crippen LogP contribution in [0.5, 0.6) is 11.5 Å². The fourth-order valence-corrected chi connectivity index (χ4v) is 6.06. The summed E-state index contributed by atoms with van der Waals surface area (Å²) in [6, 6.07) is 18.2. The Morgan fingerprint density at radius 3 is 1.52 bits per heavy atom. The maximum atomic E-state index is 11.6. The van der Waals surface area contributed by atoms with Crippen LogP contribution >= 0.6 is 34.8 Å². The molecule has 6 rings (SSSR count). The Hall–Kier alpha value is -7.02. The monoisotopic (exact) mass is 930 g/mol. The van der Waals surface area contributed by atoms with Gasteiger partial charge in [-0.25, -0.2) is 9.69 Å². The molecule has 6 aromatic rings. The van der Waals surface area contributed by atoms with Gasteiger partial charge in [0.1, 0.15) is 29.7 Å². The highest BCUT2D eigenvalue weighted by atomic mass is 35.5. The molecule has 0 spiro atoms. The van der Waals surface area contributed by atoms with Crippen molar-refractivity contribution in [1.82, 2.24) is 20.4 Å². The molecule has 2 heterocycles. The summed E-state index contributed by atoms with van der Waals surface area (Å²) in [4.78, 5) is 38.6. The van der Waals surface area contributed by atoms with Crippen molar-refractivity contribution in [1.29, 1.82) is 0 Å². The maximum absolute atomic E-state index is 11.6. The van der Waals surface area contributed by atoms with E-state index in [1.54, 1.807) is 88.4 Å².